The Kier molecular flexibility index (Phi) is 2.70. The first-order valence-corrected chi connectivity index (χ1v) is 4.96. The number of halogens is 1. The standard InChI is InChI=1S/C11H13FN4/c1-7-3-4-8(12)5-9(7)11(13)10-6-14-15-16(10)2/h3-6,11H,13H2,1-2H3. The molecule has 1 atom stereocenters. The van der Waals surface area contributed by atoms with E-state index >= 15 is 0 Å². The summed E-state index contributed by atoms with van der Waals surface area (Å²) in [5, 5.41) is 7.57. The molecule has 5 heteroatoms. The van der Waals surface area contributed by atoms with Crippen LogP contribution in [-0.4, -0.2) is 15.0 Å². The molecule has 4 nitrogen and oxygen atoms in total. The SMILES string of the molecule is Cc1ccc(F)cc1C(N)c1cnnn1C. The van der Waals surface area contributed by atoms with Gasteiger partial charge in [0, 0.05) is 7.05 Å². The van der Waals surface area contributed by atoms with Crippen molar-refractivity contribution in [3.8, 4) is 0 Å². The average molecular weight is 220 g/mol. The highest BCUT2D eigenvalue weighted by Gasteiger charge is 2.15. The molecule has 2 N–H and O–H groups in total. The van der Waals surface area contributed by atoms with Gasteiger partial charge < -0.3 is 5.73 Å². The van der Waals surface area contributed by atoms with Crippen molar-refractivity contribution in [3.05, 3.63) is 47.0 Å². The van der Waals surface area contributed by atoms with Crippen molar-refractivity contribution in [1.29, 1.82) is 0 Å². The number of hydrogen-bond acceptors (Lipinski definition) is 3. The minimum Gasteiger partial charge on any atom is -0.319 e. The maximum absolute atomic E-state index is 13.2. The van der Waals surface area contributed by atoms with Gasteiger partial charge in [-0.3, -0.25) is 4.68 Å². The van der Waals surface area contributed by atoms with Crippen molar-refractivity contribution in [2.24, 2.45) is 12.8 Å². The molecule has 16 heavy (non-hydrogen) atoms. The molecular formula is C11H13FN4. The summed E-state index contributed by atoms with van der Waals surface area (Å²) in [6.07, 6.45) is 1.59. The quantitative estimate of drug-likeness (QED) is 0.830. The van der Waals surface area contributed by atoms with Crippen molar-refractivity contribution in [3.63, 3.8) is 0 Å². The maximum Gasteiger partial charge on any atom is 0.123 e. The predicted molar refractivity (Wildman–Crippen MR) is 58.2 cm³/mol. The van der Waals surface area contributed by atoms with Gasteiger partial charge in [0.05, 0.1) is 17.9 Å². The van der Waals surface area contributed by atoms with Crippen LogP contribution in [0.1, 0.15) is 22.9 Å². The Morgan fingerprint density at radius 3 is 2.81 bits per heavy atom. The number of nitrogens with zero attached hydrogens (tertiary/aromatic N) is 3. The highest BCUT2D eigenvalue weighted by atomic mass is 19.1. The van der Waals surface area contributed by atoms with Crippen LogP contribution in [0, 0.1) is 12.7 Å². The van der Waals surface area contributed by atoms with Crippen LogP contribution in [-0.2, 0) is 7.05 Å². The van der Waals surface area contributed by atoms with Crippen molar-refractivity contribution in [1.82, 2.24) is 15.0 Å². The minimum absolute atomic E-state index is 0.286. The largest absolute Gasteiger partial charge is 0.319 e. The molecule has 0 aliphatic rings. The third-order valence-electron chi connectivity index (χ3n) is 2.64. The van der Waals surface area contributed by atoms with E-state index in [0.717, 1.165) is 16.8 Å². The van der Waals surface area contributed by atoms with Crippen LogP contribution in [0.25, 0.3) is 0 Å². The highest BCUT2D eigenvalue weighted by molar-refractivity contribution is 5.33. The zero-order chi connectivity index (χ0) is 11.7. The third-order valence-corrected chi connectivity index (χ3v) is 2.64. The lowest BCUT2D eigenvalue weighted by atomic mass is 10.00. The van der Waals surface area contributed by atoms with Gasteiger partial charge in [-0.15, -0.1) is 5.10 Å². The van der Waals surface area contributed by atoms with Crippen LogP contribution in [0.4, 0.5) is 4.39 Å². The smallest absolute Gasteiger partial charge is 0.123 e. The second-order valence-corrected chi connectivity index (χ2v) is 3.76. The van der Waals surface area contributed by atoms with Crippen LogP contribution in [0.3, 0.4) is 0 Å². The molecule has 0 spiro atoms. The molecule has 0 saturated heterocycles. The molecule has 2 aromatic rings. The van der Waals surface area contributed by atoms with Gasteiger partial charge in [0.15, 0.2) is 0 Å². The first-order valence-electron chi connectivity index (χ1n) is 4.96. The Balaban J connectivity index is 2.45. The molecule has 1 unspecified atom stereocenters. The fourth-order valence-electron chi connectivity index (χ4n) is 1.68. The molecule has 84 valence electrons. The van der Waals surface area contributed by atoms with Gasteiger partial charge in [0.1, 0.15) is 5.82 Å². The van der Waals surface area contributed by atoms with Gasteiger partial charge in [0.25, 0.3) is 0 Å². The number of rotatable bonds is 2. The number of aromatic nitrogens is 3. The van der Waals surface area contributed by atoms with Gasteiger partial charge in [-0.25, -0.2) is 4.39 Å². The summed E-state index contributed by atoms with van der Waals surface area (Å²) in [6, 6.07) is 4.18. The lowest BCUT2D eigenvalue weighted by molar-refractivity contribution is 0.616. The molecule has 0 radical (unpaired) electrons. The van der Waals surface area contributed by atoms with E-state index in [9.17, 15) is 4.39 Å². The van der Waals surface area contributed by atoms with E-state index in [0.29, 0.717) is 0 Å². The maximum atomic E-state index is 13.2. The topological polar surface area (TPSA) is 56.7 Å². The summed E-state index contributed by atoms with van der Waals surface area (Å²) in [7, 11) is 1.76. The second kappa shape index (κ2) is 4.02. The van der Waals surface area contributed by atoms with Gasteiger partial charge in [0.2, 0.25) is 0 Å². The summed E-state index contributed by atoms with van der Waals surface area (Å²) >= 11 is 0. The van der Waals surface area contributed by atoms with E-state index in [1.54, 1.807) is 24.0 Å². The Bertz CT molecular complexity index is 506. The van der Waals surface area contributed by atoms with E-state index in [1.165, 1.54) is 12.1 Å². The fraction of sp³-hybridized carbons (Fsp3) is 0.273. The lowest BCUT2D eigenvalue weighted by Gasteiger charge is -2.14. The van der Waals surface area contributed by atoms with Gasteiger partial charge in [-0.2, -0.15) is 0 Å². The van der Waals surface area contributed by atoms with E-state index in [2.05, 4.69) is 10.3 Å². The fourth-order valence-corrected chi connectivity index (χ4v) is 1.68. The molecular weight excluding hydrogens is 207 g/mol. The van der Waals surface area contributed by atoms with Crippen molar-refractivity contribution < 1.29 is 4.39 Å². The monoisotopic (exact) mass is 220 g/mol. The number of aryl methyl sites for hydroxylation is 2. The Morgan fingerprint density at radius 1 is 1.44 bits per heavy atom. The van der Waals surface area contributed by atoms with Crippen LogP contribution < -0.4 is 5.73 Å². The highest BCUT2D eigenvalue weighted by Crippen LogP contribution is 2.22. The van der Waals surface area contributed by atoms with Gasteiger partial charge in [-0.05, 0) is 30.2 Å². The van der Waals surface area contributed by atoms with Crippen LogP contribution >= 0.6 is 0 Å². The predicted octanol–water partition coefficient (Wildman–Crippen LogP) is 1.31. The summed E-state index contributed by atoms with van der Waals surface area (Å²) in [5.74, 6) is -0.286. The minimum atomic E-state index is -0.407. The van der Waals surface area contributed by atoms with Crippen molar-refractivity contribution in [2.45, 2.75) is 13.0 Å². The van der Waals surface area contributed by atoms with E-state index in [4.69, 9.17) is 5.73 Å². The molecule has 0 aliphatic carbocycles. The first kappa shape index (κ1) is 10.8. The molecule has 0 saturated carbocycles. The Morgan fingerprint density at radius 2 is 2.19 bits per heavy atom. The molecule has 0 aliphatic heterocycles. The Labute approximate surface area is 92.9 Å². The molecule has 1 heterocycles. The third kappa shape index (κ3) is 1.81. The zero-order valence-electron chi connectivity index (χ0n) is 9.18. The summed E-state index contributed by atoms with van der Waals surface area (Å²) < 4.78 is 14.7. The van der Waals surface area contributed by atoms with Crippen molar-refractivity contribution in [2.75, 3.05) is 0 Å². The number of nitrogens with two attached hydrogens (primary N) is 1. The molecule has 2 rings (SSSR count). The first-order chi connectivity index (χ1) is 7.59. The lowest BCUT2D eigenvalue weighted by Crippen LogP contribution is -2.17. The normalized spacial score (nSPS) is 12.8. The van der Waals surface area contributed by atoms with Gasteiger partial charge >= 0.3 is 0 Å². The molecule has 1 aromatic heterocycles. The van der Waals surface area contributed by atoms with E-state index < -0.39 is 6.04 Å². The van der Waals surface area contributed by atoms with Gasteiger partial charge in [-0.1, -0.05) is 11.3 Å². The second-order valence-electron chi connectivity index (χ2n) is 3.76. The van der Waals surface area contributed by atoms with E-state index in [1.807, 2.05) is 6.92 Å². The van der Waals surface area contributed by atoms with Crippen LogP contribution in [0.15, 0.2) is 24.4 Å². The summed E-state index contributed by atoms with van der Waals surface area (Å²) in [4.78, 5) is 0. The molecule has 0 bridgehead atoms. The van der Waals surface area contributed by atoms with Crippen LogP contribution in [0.5, 0.6) is 0 Å². The summed E-state index contributed by atoms with van der Waals surface area (Å²) in [5.41, 5.74) is 8.53. The molecule has 0 amide bonds. The van der Waals surface area contributed by atoms with E-state index in [-0.39, 0.29) is 5.82 Å². The molecule has 1 aromatic carbocycles. The number of benzene rings is 1. The molecule has 0 fully saturated rings. The Hall–Kier alpha value is -1.75. The zero-order valence-corrected chi connectivity index (χ0v) is 9.18. The summed E-state index contributed by atoms with van der Waals surface area (Å²) in [6.45, 7) is 1.90. The van der Waals surface area contributed by atoms with Crippen molar-refractivity contribution >= 4 is 0 Å². The van der Waals surface area contributed by atoms with Crippen LogP contribution in [0.2, 0.25) is 0 Å². The average Bonchev–Trinajstić information content (AvgIpc) is 2.67. The number of hydrogen-bond donors (Lipinski definition) is 1.